The van der Waals surface area contributed by atoms with Crippen molar-refractivity contribution in [3.63, 3.8) is 0 Å². The minimum Gasteiger partial charge on any atom is -0.454 e. The molecule has 3 rings (SSSR count). The molecule has 0 saturated carbocycles. The first kappa shape index (κ1) is 19.9. The van der Waals surface area contributed by atoms with E-state index in [0.29, 0.717) is 13.1 Å². The predicted molar refractivity (Wildman–Crippen MR) is 104 cm³/mol. The van der Waals surface area contributed by atoms with Gasteiger partial charge in [0.25, 0.3) is 0 Å². The molecule has 1 aliphatic rings. The molecular formula is C20H22ClNO4S. The third-order valence-electron chi connectivity index (χ3n) is 4.68. The van der Waals surface area contributed by atoms with E-state index in [9.17, 15) is 13.2 Å². The summed E-state index contributed by atoms with van der Waals surface area (Å²) in [6, 6.07) is 11.9. The summed E-state index contributed by atoms with van der Waals surface area (Å²) in [5, 5.41) is 0.102. The standard InChI is InChI=1S/C20H22ClNO4S/c1-14-5-7-16(8-6-14)15(2)26-20(23)17-9-10-18(21)19(13-17)27(24,25)22-11-3-4-12-22/h5-10,13,15H,3-4,11-12H2,1-2H3/t15-/m1/s1. The van der Waals surface area contributed by atoms with Crippen molar-refractivity contribution >= 4 is 27.6 Å². The molecule has 1 aliphatic heterocycles. The number of halogens is 1. The molecule has 1 heterocycles. The van der Waals surface area contributed by atoms with E-state index in [2.05, 4.69) is 0 Å². The van der Waals surface area contributed by atoms with Crippen LogP contribution in [0, 0.1) is 6.92 Å². The molecule has 0 radical (unpaired) electrons. The number of ether oxygens (including phenoxy) is 1. The molecule has 1 atom stereocenters. The highest BCUT2D eigenvalue weighted by Gasteiger charge is 2.30. The van der Waals surface area contributed by atoms with E-state index in [1.165, 1.54) is 22.5 Å². The highest BCUT2D eigenvalue weighted by Crippen LogP contribution is 2.29. The lowest BCUT2D eigenvalue weighted by Crippen LogP contribution is -2.28. The Labute approximate surface area is 165 Å². The van der Waals surface area contributed by atoms with Crippen LogP contribution < -0.4 is 0 Å². The fraction of sp³-hybridized carbons (Fsp3) is 0.350. The van der Waals surface area contributed by atoms with Crippen LogP contribution in [-0.2, 0) is 14.8 Å². The van der Waals surface area contributed by atoms with Crippen molar-refractivity contribution in [2.45, 2.75) is 37.7 Å². The second-order valence-electron chi connectivity index (χ2n) is 6.71. The number of hydrogen-bond acceptors (Lipinski definition) is 4. The highest BCUT2D eigenvalue weighted by molar-refractivity contribution is 7.89. The topological polar surface area (TPSA) is 63.7 Å². The van der Waals surface area contributed by atoms with Crippen LogP contribution in [-0.4, -0.2) is 31.8 Å². The second-order valence-corrected chi connectivity index (χ2v) is 9.03. The summed E-state index contributed by atoms with van der Waals surface area (Å²) in [6.07, 6.45) is 1.20. The number of esters is 1. The lowest BCUT2D eigenvalue weighted by atomic mass is 10.1. The number of carbonyl (C=O) groups excluding carboxylic acids is 1. The van der Waals surface area contributed by atoms with E-state index in [0.717, 1.165) is 24.0 Å². The smallest absolute Gasteiger partial charge is 0.338 e. The molecule has 0 N–H and O–H groups in total. The fourth-order valence-electron chi connectivity index (χ4n) is 3.03. The largest absolute Gasteiger partial charge is 0.454 e. The van der Waals surface area contributed by atoms with Crippen LogP contribution in [0.2, 0.25) is 5.02 Å². The zero-order valence-corrected chi connectivity index (χ0v) is 16.9. The van der Waals surface area contributed by atoms with Crippen molar-refractivity contribution in [2.75, 3.05) is 13.1 Å². The monoisotopic (exact) mass is 407 g/mol. The number of nitrogens with zero attached hydrogens (tertiary/aromatic N) is 1. The molecule has 27 heavy (non-hydrogen) atoms. The first-order valence-electron chi connectivity index (χ1n) is 8.86. The van der Waals surface area contributed by atoms with Crippen LogP contribution in [0.5, 0.6) is 0 Å². The van der Waals surface area contributed by atoms with Gasteiger partial charge in [-0.05, 0) is 50.5 Å². The third kappa shape index (κ3) is 4.34. The van der Waals surface area contributed by atoms with Gasteiger partial charge in [-0.2, -0.15) is 4.31 Å². The lowest BCUT2D eigenvalue weighted by Gasteiger charge is -2.18. The Kier molecular flexibility index (Phi) is 5.89. The Bertz CT molecular complexity index is 935. The number of sulfonamides is 1. The van der Waals surface area contributed by atoms with Gasteiger partial charge in [-0.3, -0.25) is 0 Å². The average Bonchev–Trinajstić information content (AvgIpc) is 3.18. The van der Waals surface area contributed by atoms with E-state index >= 15 is 0 Å². The summed E-state index contributed by atoms with van der Waals surface area (Å²) in [6.45, 7) is 4.70. The maximum atomic E-state index is 12.8. The summed E-state index contributed by atoms with van der Waals surface area (Å²) >= 11 is 6.12. The van der Waals surface area contributed by atoms with Crippen molar-refractivity contribution in [2.24, 2.45) is 0 Å². The van der Waals surface area contributed by atoms with Crippen molar-refractivity contribution in [1.29, 1.82) is 0 Å². The Balaban J connectivity index is 1.82. The number of benzene rings is 2. The molecule has 2 aromatic carbocycles. The van der Waals surface area contributed by atoms with E-state index in [4.69, 9.17) is 16.3 Å². The Morgan fingerprint density at radius 1 is 1.11 bits per heavy atom. The lowest BCUT2D eigenvalue weighted by molar-refractivity contribution is 0.0337. The molecule has 2 aromatic rings. The van der Waals surface area contributed by atoms with Crippen LogP contribution in [0.25, 0.3) is 0 Å². The molecular weight excluding hydrogens is 386 g/mol. The quantitative estimate of drug-likeness (QED) is 0.691. The van der Waals surface area contributed by atoms with E-state index in [-0.39, 0.29) is 15.5 Å². The Morgan fingerprint density at radius 3 is 2.37 bits per heavy atom. The van der Waals surface area contributed by atoms with Gasteiger partial charge < -0.3 is 4.74 Å². The highest BCUT2D eigenvalue weighted by atomic mass is 35.5. The van der Waals surface area contributed by atoms with Gasteiger partial charge >= 0.3 is 5.97 Å². The maximum Gasteiger partial charge on any atom is 0.338 e. The molecule has 0 aromatic heterocycles. The van der Waals surface area contributed by atoms with Crippen LogP contribution >= 0.6 is 11.6 Å². The zero-order valence-electron chi connectivity index (χ0n) is 15.3. The second kappa shape index (κ2) is 8.00. The maximum absolute atomic E-state index is 12.8. The molecule has 0 spiro atoms. The number of hydrogen-bond donors (Lipinski definition) is 0. The van der Waals surface area contributed by atoms with E-state index in [1.807, 2.05) is 31.2 Å². The van der Waals surface area contributed by atoms with Gasteiger partial charge in [0.2, 0.25) is 10.0 Å². The molecule has 144 valence electrons. The fourth-order valence-corrected chi connectivity index (χ4v) is 5.05. The Hall–Kier alpha value is -1.89. The van der Waals surface area contributed by atoms with E-state index < -0.39 is 22.1 Å². The van der Waals surface area contributed by atoms with Crippen molar-refractivity contribution in [3.05, 3.63) is 64.2 Å². The summed E-state index contributed by atoms with van der Waals surface area (Å²) in [4.78, 5) is 12.5. The normalized spacial score (nSPS) is 16.3. The molecule has 5 nitrogen and oxygen atoms in total. The van der Waals surface area contributed by atoms with Crippen LogP contribution in [0.15, 0.2) is 47.4 Å². The molecule has 0 unspecified atom stereocenters. The van der Waals surface area contributed by atoms with Gasteiger partial charge in [-0.25, -0.2) is 13.2 Å². The number of rotatable bonds is 5. The van der Waals surface area contributed by atoms with Crippen molar-refractivity contribution in [1.82, 2.24) is 4.31 Å². The average molecular weight is 408 g/mol. The third-order valence-corrected chi connectivity index (χ3v) is 7.06. The molecule has 7 heteroatoms. The molecule has 0 amide bonds. The Morgan fingerprint density at radius 2 is 1.74 bits per heavy atom. The first-order valence-corrected chi connectivity index (χ1v) is 10.7. The van der Waals surface area contributed by atoms with Crippen molar-refractivity contribution < 1.29 is 17.9 Å². The van der Waals surface area contributed by atoms with Crippen LogP contribution in [0.3, 0.4) is 0 Å². The molecule has 0 bridgehead atoms. The van der Waals surface area contributed by atoms with Gasteiger partial charge in [-0.1, -0.05) is 41.4 Å². The summed E-state index contributed by atoms with van der Waals surface area (Å²) < 4.78 is 32.5. The molecule has 0 aliphatic carbocycles. The number of carbonyl (C=O) groups is 1. The van der Waals surface area contributed by atoms with Crippen LogP contribution in [0.4, 0.5) is 0 Å². The van der Waals surface area contributed by atoms with Gasteiger partial charge in [0, 0.05) is 13.1 Å². The first-order chi connectivity index (χ1) is 12.8. The summed E-state index contributed by atoms with van der Waals surface area (Å²) in [7, 11) is -3.72. The van der Waals surface area contributed by atoms with Crippen LogP contribution in [0.1, 0.15) is 47.4 Å². The zero-order chi connectivity index (χ0) is 19.6. The molecule has 1 fully saturated rings. The number of aryl methyl sites for hydroxylation is 1. The van der Waals surface area contributed by atoms with Gasteiger partial charge in [0.1, 0.15) is 11.0 Å². The SMILES string of the molecule is Cc1ccc([C@@H](C)OC(=O)c2ccc(Cl)c(S(=O)(=O)N3CCCC3)c2)cc1. The van der Waals surface area contributed by atoms with Gasteiger partial charge in [0.05, 0.1) is 10.6 Å². The summed E-state index contributed by atoms with van der Waals surface area (Å²) in [5.41, 5.74) is 2.15. The minimum absolute atomic E-state index is 0.0523. The summed E-state index contributed by atoms with van der Waals surface area (Å²) in [5.74, 6) is -0.586. The van der Waals surface area contributed by atoms with E-state index in [1.54, 1.807) is 6.92 Å². The van der Waals surface area contributed by atoms with Gasteiger partial charge in [0.15, 0.2) is 0 Å². The predicted octanol–water partition coefficient (Wildman–Crippen LogP) is 4.35. The van der Waals surface area contributed by atoms with Gasteiger partial charge in [-0.15, -0.1) is 0 Å². The van der Waals surface area contributed by atoms with Crippen molar-refractivity contribution in [3.8, 4) is 0 Å². The molecule has 1 saturated heterocycles. The minimum atomic E-state index is -3.72.